The molecule has 186 valence electrons. The number of fused-ring (bicyclic) bond motifs is 4. The molecule has 3 aliphatic rings. The maximum Gasteiger partial charge on any atom is 0.231 e. The van der Waals surface area contributed by atoms with Gasteiger partial charge in [-0.25, -0.2) is 0 Å². The number of hydrogen-bond acceptors (Lipinski definition) is 6. The van der Waals surface area contributed by atoms with Crippen LogP contribution in [0.4, 0.5) is 0 Å². The number of aromatic nitrogens is 1. The number of carbonyl (C=O) groups is 1. The zero-order valence-electron chi connectivity index (χ0n) is 20.7. The largest absolute Gasteiger partial charge is 0.477 e. The summed E-state index contributed by atoms with van der Waals surface area (Å²) in [6.45, 7) is 7.01. The summed E-state index contributed by atoms with van der Waals surface area (Å²) in [6, 6.07) is 16.1. The fraction of sp³-hybridized carbons (Fsp3) is 0.233. The van der Waals surface area contributed by atoms with Crippen LogP contribution in [-0.2, 0) is 19.6 Å². The van der Waals surface area contributed by atoms with Gasteiger partial charge in [0.25, 0.3) is 0 Å². The van der Waals surface area contributed by atoms with E-state index in [9.17, 15) is 4.79 Å². The number of carbonyl (C=O) groups excluding carboxylic acids is 1. The Bertz CT molecular complexity index is 1620. The van der Waals surface area contributed by atoms with Gasteiger partial charge in [0.05, 0.1) is 5.56 Å². The zero-order chi connectivity index (χ0) is 25.1. The third-order valence-electron chi connectivity index (χ3n) is 7.29. The summed E-state index contributed by atoms with van der Waals surface area (Å²) in [6.07, 6.45) is 3.94. The number of allylic oxidation sites excluding steroid dienone is 1. The van der Waals surface area contributed by atoms with Crippen LogP contribution in [0.5, 0.6) is 23.0 Å². The Labute approximate surface area is 214 Å². The highest BCUT2D eigenvalue weighted by atomic mass is 16.7. The molecule has 0 saturated heterocycles. The SMILES string of the molecule is CCn1cc(/C=C2\Oc3c(cc4c(c3C)OCN(Cc3ccc5c(c3)OCO5)C4)C2=O)c2ccccc21. The van der Waals surface area contributed by atoms with E-state index in [4.69, 9.17) is 18.9 Å². The predicted octanol–water partition coefficient (Wildman–Crippen LogP) is 5.67. The van der Waals surface area contributed by atoms with Crippen molar-refractivity contribution in [2.75, 3.05) is 13.5 Å². The van der Waals surface area contributed by atoms with Crippen LogP contribution in [0, 0.1) is 6.92 Å². The van der Waals surface area contributed by atoms with Crippen molar-refractivity contribution in [1.82, 2.24) is 9.47 Å². The van der Waals surface area contributed by atoms with Gasteiger partial charge >= 0.3 is 0 Å². The third kappa shape index (κ3) is 3.57. The Morgan fingerprint density at radius 3 is 2.76 bits per heavy atom. The second-order valence-corrected chi connectivity index (χ2v) is 9.64. The van der Waals surface area contributed by atoms with E-state index in [0.717, 1.165) is 57.0 Å². The summed E-state index contributed by atoms with van der Waals surface area (Å²) >= 11 is 0. The minimum absolute atomic E-state index is 0.0953. The number of nitrogens with zero attached hydrogens (tertiary/aromatic N) is 2. The van der Waals surface area contributed by atoms with E-state index in [0.29, 0.717) is 36.9 Å². The van der Waals surface area contributed by atoms with Gasteiger partial charge in [-0.1, -0.05) is 24.3 Å². The minimum atomic E-state index is -0.0953. The van der Waals surface area contributed by atoms with Crippen molar-refractivity contribution in [1.29, 1.82) is 0 Å². The molecule has 0 amide bonds. The third-order valence-corrected chi connectivity index (χ3v) is 7.29. The van der Waals surface area contributed by atoms with Crippen LogP contribution in [0.15, 0.2) is 60.5 Å². The lowest BCUT2D eigenvalue weighted by Gasteiger charge is -2.30. The monoisotopic (exact) mass is 494 g/mol. The zero-order valence-corrected chi connectivity index (χ0v) is 20.7. The van der Waals surface area contributed by atoms with Gasteiger partial charge in [0.1, 0.15) is 18.2 Å². The minimum Gasteiger partial charge on any atom is -0.477 e. The number of ketones is 1. The molecule has 0 unspecified atom stereocenters. The van der Waals surface area contributed by atoms with Gasteiger partial charge in [-0.3, -0.25) is 9.69 Å². The van der Waals surface area contributed by atoms with Gasteiger partial charge in [0.15, 0.2) is 17.3 Å². The first-order chi connectivity index (χ1) is 18.1. The summed E-state index contributed by atoms with van der Waals surface area (Å²) in [7, 11) is 0. The van der Waals surface area contributed by atoms with E-state index in [1.807, 2.05) is 49.4 Å². The second kappa shape index (κ2) is 8.42. The molecule has 7 heteroatoms. The molecule has 0 fully saturated rings. The van der Waals surface area contributed by atoms with Crippen LogP contribution in [0.25, 0.3) is 17.0 Å². The van der Waals surface area contributed by atoms with Gasteiger partial charge in [-0.05, 0) is 49.8 Å². The lowest BCUT2D eigenvalue weighted by Crippen LogP contribution is -2.32. The van der Waals surface area contributed by atoms with Gasteiger partial charge < -0.3 is 23.5 Å². The summed E-state index contributed by atoms with van der Waals surface area (Å²) in [5, 5.41) is 1.10. The van der Waals surface area contributed by atoms with Crippen molar-refractivity contribution in [3.63, 3.8) is 0 Å². The van der Waals surface area contributed by atoms with Gasteiger partial charge in [-0.2, -0.15) is 0 Å². The molecule has 0 bridgehead atoms. The highest BCUT2D eigenvalue weighted by Gasteiger charge is 2.34. The standard InChI is InChI=1S/C30H26N2O5/c1-3-32-15-20(22-6-4-5-7-24(22)32)12-27-28(33)23-11-21-14-31(16-34-29(21)18(2)30(23)37-27)13-19-8-9-25-26(10-19)36-17-35-25/h4-12,15H,3,13-14,16-17H2,1-2H3/b27-12-. The molecule has 0 radical (unpaired) electrons. The number of aryl methyl sites for hydroxylation is 1. The highest BCUT2D eigenvalue weighted by Crippen LogP contribution is 2.44. The molecule has 7 nitrogen and oxygen atoms in total. The average Bonchev–Trinajstić information content (AvgIpc) is 3.61. The summed E-state index contributed by atoms with van der Waals surface area (Å²) in [5.41, 5.74) is 5.68. The Hall–Kier alpha value is -4.23. The van der Waals surface area contributed by atoms with Crippen LogP contribution >= 0.6 is 0 Å². The molecule has 3 aromatic carbocycles. The lowest BCUT2D eigenvalue weighted by atomic mass is 9.99. The Balaban J connectivity index is 1.17. The van der Waals surface area contributed by atoms with Crippen molar-refractivity contribution >= 4 is 22.8 Å². The first-order valence-corrected chi connectivity index (χ1v) is 12.5. The quantitative estimate of drug-likeness (QED) is 0.341. The molecule has 37 heavy (non-hydrogen) atoms. The summed E-state index contributed by atoms with van der Waals surface area (Å²) in [4.78, 5) is 15.6. The highest BCUT2D eigenvalue weighted by molar-refractivity contribution is 6.15. The molecule has 1 aromatic heterocycles. The maximum absolute atomic E-state index is 13.5. The first kappa shape index (κ1) is 22.0. The van der Waals surface area contributed by atoms with Gasteiger partial charge in [-0.15, -0.1) is 0 Å². The van der Waals surface area contributed by atoms with Crippen LogP contribution in [-0.4, -0.2) is 28.8 Å². The lowest BCUT2D eigenvalue weighted by molar-refractivity contribution is 0.0876. The average molecular weight is 495 g/mol. The molecule has 4 heterocycles. The molecule has 4 aromatic rings. The van der Waals surface area contributed by atoms with E-state index in [1.165, 1.54) is 0 Å². The van der Waals surface area contributed by atoms with E-state index >= 15 is 0 Å². The fourth-order valence-electron chi connectivity index (χ4n) is 5.49. The number of rotatable bonds is 4. The molecule has 0 aliphatic carbocycles. The molecule has 0 atom stereocenters. The second-order valence-electron chi connectivity index (χ2n) is 9.64. The maximum atomic E-state index is 13.5. The van der Waals surface area contributed by atoms with Crippen molar-refractivity contribution in [3.8, 4) is 23.0 Å². The molecule has 0 spiro atoms. The molecule has 0 saturated carbocycles. The van der Waals surface area contributed by atoms with Crippen molar-refractivity contribution in [2.24, 2.45) is 0 Å². The van der Waals surface area contributed by atoms with Crippen molar-refractivity contribution in [2.45, 2.75) is 33.5 Å². The van der Waals surface area contributed by atoms with Gasteiger partial charge in [0, 0.05) is 53.4 Å². The van der Waals surface area contributed by atoms with Crippen LogP contribution < -0.4 is 18.9 Å². The first-order valence-electron chi connectivity index (χ1n) is 12.5. The number of hydrogen-bond donors (Lipinski definition) is 0. The van der Waals surface area contributed by atoms with Crippen molar-refractivity contribution < 1.29 is 23.7 Å². The molecule has 0 N–H and O–H groups in total. The Morgan fingerprint density at radius 2 is 1.86 bits per heavy atom. The predicted molar refractivity (Wildman–Crippen MR) is 139 cm³/mol. The molecular formula is C30H26N2O5. The topological polar surface area (TPSA) is 62.2 Å². The van der Waals surface area contributed by atoms with E-state index < -0.39 is 0 Å². The summed E-state index contributed by atoms with van der Waals surface area (Å²) < 4.78 is 25.5. The number of ether oxygens (including phenoxy) is 4. The molecule has 3 aliphatic heterocycles. The van der Waals surface area contributed by atoms with E-state index in [-0.39, 0.29) is 12.6 Å². The molecular weight excluding hydrogens is 468 g/mol. The smallest absolute Gasteiger partial charge is 0.231 e. The number of para-hydroxylation sites is 1. The summed E-state index contributed by atoms with van der Waals surface area (Å²) in [5.74, 6) is 3.19. The van der Waals surface area contributed by atoms with Crippen LogP contribution in [0.3, 0.4) is 0 Å². The van der Waals surface area contributed by atoms with Gasteiger partial charge in [0.2, 0.25) is 12.6 Å². The molecule has 7 rings (SSSR count). The number of benzene rings is 3. The van der Waals surface area contributed by atoms with E-state index in [1.54, 1.807) is 0 Å². The Kier molecular flexibility index (Phi) is 5.01. The van der Waals surface area contributed by atoms with Crippen LogP contribution in [0.2, 0.25) is 0 Å². The number of Topliss-reactive ketones (excluding diaryl/α,β-unsaturated/α-hetero) is 1. The Morgan fingerprint density at radius 1 is 1.00 bits per heavy atom. The van der Waals surface area contributed by atoms with E-state index in [2.05, 4.69) is 34.7 Å². The fourth-order valence-corrected chi connectivity index (χ4v) is 5.49. The van der Waals surface area contributed by atoms with Crippen molar-refractivity contribution in [3.05, 3.63) is 88.3 Å². The normalized spacial score (nSPS) is 17.1. The van der Waals surface area contributed by atoms with Crippen LogP contribution in [0.1, 0.15) is 39.5 Å².